The number of carboxylic acid groups (broad SMARTS) is 1. The number of rotatable bonds is 3. The summed E-state index contributed by atoms with van der Waals surface area (Å²) in [6.45, 7) is 2.25. The summed E-state index contributed by atoms with van der Waals surface area (Å²) in [5.74, 6) is -1.22. The number of hydrogen-bond donors (Lipinski definition) is 1. The monoisotopic (exact) mass is 358 g/mol. The van der Waals surface area contributed by atoms with Gasteiger partial charge in [-0.1, -0.05) is 23.7 Å². The van der Waals surface area contributed by atoms with Crippen molar-refractivity contribution in [2.24, 2.45) is 0 Å². The van der Waals surface area contributed by atoms with Crippen LogP contribution < -0.4 is 0 Å². The Morgan fingerprint density at radius 2 is 2.04 bits per heavy atom. The second-order valence-corrected chi connectivity index (χ2v) is 6.64. The summed E-state index contributed by atoms with van der Waals surface area (Å²) in [6.07, 6.45) is 2.86. The average Bonchev–Trinajstić information content (AvgIpc) is 2.60. The molecular weight excluding hydrogens is 340 g/mol. The molecular formula is C19H19ClN2O3. The predicted octanol–water partition coefficient (Wildman–Crippen LogP) is 4.11. The Labute approximate surface area is 151 Å². The van der Waals surface area contributed by atoms with E-state index in [1.165, 1.54) is 12.1 Å². The first-order chi connectivity index (χ1) is 12.0. The molecule has 1 N–H and O–H groups in total. The Kier molecular flexibility index (Phi) is 5.04. The van der Waals surface area contributed by atoms with E-state index in [1.807, 2.05) is 29.2 Å². The summed E-state index contributed by atoms with van der Waals surface area (Å²) in [7, 11) is 0. The summed E-state index contributed by atoms with van der Waals surface area (Å²) in [5, 5.41) is 9.76. The predicted molar refractivity (Wildman–Crippen MR) is 95.0 cm³/mol. The Morgan fingerprint density at radius 3 is 2.72 bits per heavy atom. The van der Waals surface area contributed by atoms with Crippen LogP contribution in [0.15, 0.2) is 36.4 Å². The largest absolute Gasteiger partial charge is 0.478 e. The first-order valence-corrected chi connectivity index (χ1v) is 8.62. The van der Waals surface area contributed by atoms with E-state index >= 15 is 0 Å². The van der Waals surface area contributed by atoms with Crippen LogP contribution in [-0.4, -0.2) is 33.4 Å². The van der Waals surface area contributed by atoms with Crippen molar-refractivity contribution in [2.75, 3.05) is 6.54 Å². The fourth-order valence-electron chi connectivity index (χ4n) is 3.29. The highest BCUT2D eigenvalue weighted by molar-refractivity contribution is 6.30. The van der Waals surface area contributed by atoms with E-state index in [2.05, 4.69) is 4.98 Å². The lowest BCUT2D eigenvalue weighted by Crippen LogP contribution is -2.39. The standard InChI is InChI=1S/C19H19ClN2O3/c1-12-15(19(24)25)8-9-16(21-12)18(23)22-10-3-2-7-17(22)13-5-4-6-14(20)11-13/h4-6,8-9,11,17H,2-3,7,10H2,1H3,(H,24,25). The highest BCUT2D eigenvalue weighted by atomic mass is 35.5. The smallest absolute Gasteiger partial charge is 0.337 e. The number of benzene rings is 1. The normalized spacial score (nSPS) is 17.4. The van der Waals surface area contributed by atoms with E-state index in [0.29, 0.717) is 17.3 Å². The minimum atomic E-state index is -1.04. The van der Waals surface area contributed by atoms with E-state index < -0.39 is 5.97 Å². The molecule has 2 aromatic rings. The Morgan fingerprint density at radius 1 is 1.24 bits per heavy atom. The van der Waals surface area contributed by atoms with Gasteiger partial charge in [-0.05, 0) is 56.0 Å². The molecule has 0 spiro atoms. The topological polar surface area (TPSA) is 70.5 Å². The number of carbonyl (C=O) groups excluding carboxylic acids is 1. The van der Waals surface area contributed by atoms with E-state index in [4.69, 9.17) is 16.7 Å². The van der Waals surface area contributed by atoms with Gasteiger partial charge in [-0.15, -0.1) is 0 Å². The van der Waals surface area contributed by atoms with Gasteiger partial charge in [-0.3, -0.25) is 4.79 Å². The van der Waals surface area contributed by atoms with Gasteiger partial charge in [-0.25, -0.2) is 9.78 Å². The molecule has 1 amide bonds. The molecule has 0 saturated carbocycles. The van der Waals surface area contributed by atoms with Crippen LogP contribution in [0.3, 0.4) is 0 Å². The Balaban J connectivity index is 1.91. The number of aryl methyl sites for hydroxylation is 1. The number of likely N-dealkylation sites (tertiary alicyclic amines) is 1. The van der Waals surface area contributed by atoms with Gasteiger partial charge in [-0.2, -0.15) is 0 Å². The molecule has 1 aliphatic rings. The van der Waals surface area contributed by atoms with Crippen LogP contribution in [0.25, 0.3) is 0 Å². The summed E-state index contributed by atoms with van der Waals surface area (Å²) < 4.78 is 0. The first kappa shape index (κ1) is 17.4. The van der Waals surface area contributed by atoms with Gasteiger partial charge >= 0.3 is 5.97 Å². The zero-order valence-electron chi connectivity index (χ0n) is 13.9. The Hall–Kier alpha value is -2.40. The fraction of sp³-hybridized carbons (Fsp3) is 0.316. The number of piperidine rings is 1. The van der Waals surface area contributed by atoms with Gasteiger partial charge in [0.1, 0.15) is 5.69 Å². The van der Waals surface area contributed by atoms with Crippen LogP contribution in [0.1, 0.15) is 57.4 Å². The highest BCUT2D eigenvalue weighted by Gasteiger charge is 2.29. The van der Waals surface area contributed by atoms with E-state index in [9.17, 15) is 9.59 Å². The van der Waals surface area contributed by atoms with Gasteiger partial charge < -0.3 is 10.0 Å². The number of aromatic carboxylic acids is 1. The second-order valence-electron chi connectivity index (χ2n) is 6.20. The molecule has 5 nitrogen and oxygen atoms in total. The molecule has 6 heteroatoms. The quantitative estimate of drug-likeness (QED) is 0.896. The number of carbonyl (C=O) groups is 2. The lowest BCUT2D eigenvalue weighted by molar-refractivity contribution is 0.0602. The average molecular weight is 359 g/mol. The zero-order chi connectivity index (χ0) is 18.0. The van der Waals surface area contributed by atoms with Crippen molar-refractivity contribution in [1.29, 1.82) is 0 Å². The van der Waals surface area contributed by atoms with Crippen LogP contribution in [0, 0.1) is 6.92 Å². The summed E-state index contributed by atoms with van der Waals surface area (Å²) in [4.78, 5) is 30.1. The molecule has 1 aromatic heterocycles. The minimum absolute atomic E-state index is 0.0405. The van der Waals surface area contributed by atoms with Crippen LogP contribution in [-0.2, 0) is 0 Å². The number of hydrogen-bond acceptors (Lipinski definition) is 3. The van der Waals surface area contributed by atoms with Crippen molar-refractivity contribution in [3.05, 3.63) is 63.9 Å². The third kappa shape index (κ3) is 3.66. The van der Waals surface area contributed by atoms with E-state index in [0.717, 1.165) is 24.8 Å². The fourth-order valence-corrected chi connectivity index (χ4v) is 3.49. The molecule has 1 aliphatic heterocycles. The molecule has 0 radical (unpaired) electrons. The minimum Gasteiger partial charge on any atom is -0.478 e. The molecule has 1 saturated heterocycles. The van der Waals surface area contributed by atoms with Gasteiger partial charge in [0, 0.05) is 11.6 Å². The maximum absolute atomic E-state index is 13.0. The van der Waals surface area contributed by atoms with Gasteiger partial charge in [0.25, 0.3) is 5.91 Å². The number of nitrogens with zero attached hydrogens (tertiary/aromatic N) is 2. The molecule has 1 atom stereocenters. The lowest BCUT2D eigenvalue weighted by atomic mass is 9.95. The number of carboxylic acids is 1. The maximum atomic E-state index is 13.0. The van der Waals surface area contributed by atoms with Crippen molar-refractivity contribution in [2.45, 2.75) is 32.2 Å². The molecule has 1 unspecified atom stereocenters. The number of halogens is 1. The number of aromatic nitrogens is 1. The molecule has 2 heterocycles. The molecule has 0 aliphatic carbocycles. The van der Waals surface area contributed by atoms with E-state index in [-0.39, 0.29) is 23.2 Å². The number of amides is 1. The van der Waals surface area contributed by atoms with Gasteiger partial charge in [0.2, 0.25) is 0 Å². The summed E-state index contributed by atoms with van der Waals surface area (Å²) >= 11 is 6.10. The zero-order valence-corrected chi connectivity index (χ0v) is 14.7. The Bertz CT molecular complexity index is 822. The molecule has 130 valence electrons. The maximum Gasteiger partial charge on any atom is 0.337 e. The molecule has 1 aromatic carbocycles. The van der Waals surface area contributed by atoms with Crippen LogP contribution >= 0.6 is 11.6 Å². The van der Waals surface area contributed by atoms with E-state index in [1.54, 1.807) is 6.92 Å². The van der Waals surface area contributed by atoms with Crippen LogP contribution in [0.5, 0.6) is 0 Å². The molecule has 3 rings (SSSR count). The van der Waals surface area contributed by atoms with Gasteiger partial charge in [0.15, 0.2) is 0 Å². The molecule has 25 heavy (non-hydrogen) atoms. The second kappa shape index (κ2) is 7.23. The third-order valence-electron chi connectivity index (χ3n) is 4.53. The highest BCUT2D eigenvalue weighted by Crippen LogP contribution is 2.33. The summed E-state index contributed by atoms with van der Waals surface area (Å²) in [6, 6.07) is 10.5. The van der Waals surface area contributed by atoms with Gasteiger partial charge in [0.05, 0.1) is 17.3 Å². The van der Waals surface area contributed by atoms with Crippen LogP contribution in [0.2, 0.25) is 5.02 Å². The van der Waals surface area contributed by atoms with Crippen molar-refractivity contribution >= 4 is 23.5 Å². The van der Waals surface area contributed by atoms with Crippen molar-refractivity contribution in [1.82, 2.24) is 9.88 Å². The first-order valence-electron chi connectivity index (χ1n) is 8.25. The van der Waals surface area contributed by atoms with Crippen molar-refractivity contribution in [3.8, 4) is 0 Å². The van der Waals surface area contributed by atoms with Crippen molar-refractivity contribution in [3.63, 3.8) is 0 Å². The SMILES string of the molecule is Cc1nc(C(=O)N2CCCCC2c2cccc(Cl)c2)ccc1C(=O)O. The third-order valence-corrected chi connectivity index (χ3v) is 4.77. The molecule has 0 bridgehead atoms. The van der Waals surface area contributed by atoms with Crippen LogP contribution in [0.4, 0.5) is 0 Å². The lowest BCUT2D eigenvalue weighted by Gasteiger charge is -2.36. The van der Waals surface area contributed by atoms with Crippen molar-refractivity contribution < 1.29 is 14.7 Å². The number of pyridine rings is 1. The summed E-state index contributed by atoms with van der Waals surface area (Å²) in [5.41, 5.74) is 1.74. The molecule has 1 fully saturated rings.